The monoisotopic (exact) mass is 234 g/mol. The molecule has 0 bridgehead atoms. The highest BCUT2D eigenvalue weighted by Crippen LogP contribution is 2.28. The number of nitrogens with zero attached hydrogens (tertiary/aromatic N) is 1. The summed E-state index contributed by atoms with van der Waals surface area (Å²) in [5, 5.41) is 8.73. The van der Waals surface area contributed by atoms with Gasteiger partial charge in [-0.1, -0.05) is 6.07 Å². The highest BCUT2D eigenvalue weighted by molar-refractivity contribution is 5.76. The van der Waals surface area contributed by atoms with Gasteiger partial charge in [0.05, 0.1) is 5.92 Å². The molecule has 0 spiro atoms. The first kappa shape index (κ1) is 12.4. The molecule has 1 rings (SSSR count). The quantitative estimate of drug-likeness (QED) is 0.824. The van der Waals surface area contributed by atoms with Gasteiger partial charge in [-0.05, 0) is 11.6 Å². The first-order valence-corrected chi connectivity index (χ1v) is 4.32. The lowest BCUT2D eigenvalue weighted by molar-refractivity contribution is -0.141. The molecule has 1 aromatic rings. The molecule has 0 aliphatic carbocycles. The van der Waals surface area contributed by atoms with E-state index < -0.39 is 23.8 Å². The van der Waals surface area contributed by atoms with E-state index in [9.17, 15) is 18.0 Å². The van der Waals surface area contributed by atoms with E-state index in [0.29, 0.717) is 0 Å². The van der Waals surface area contributed by atoms with Gasteiger partial charge < -0.3 is 10.8 Å². The van der Waals surface area contributed by atoms with Crippen molar-refractivity contribution in [2.24, 2.45) is 5.73 Å². The molecule has 3 N–H and O–H groups in total. The van der Waals surface area contributed by atoms with Crippen molar-refractivity contribution in [1.82, 2.24) is 4.98 Å². The summed E-state index contributed by atoms with van der Waals surface area (Å²) in [5.41, 5.74) is 4.30. The normalized spacial score (nSPS) is 13.5. The molecule has 0 aliphatic heterocycles. The third-order valence-corrected chi connectivity index (χ3v) is 2.01. The Bertz CT molecular complexity index is 375. The molecule has 0 saturated heterocycles. The topological polar surface area (TPSA) is 76.2 Å². The highest BCUT2D eigenvalue weighted by atomic mass is 19.4. The van der Waals surface area contributed by atoms with Crippen LogP contribution in [-0.4, -0.2) is 22.6 Å². The van der Waals surface area contributed by atoms with Crippen LogP contribution in [0, 0.1) is 0 Å². The SMILES string of the molecule is NCC(C(=O)O)c1ccc(C(F)(F)F)nc1. The van der Waals surface area contributed by atoms with Crippen LogP contribution in [0.5, 0.6) is 0 Å². The minimum absolute atomic E-state index is 0.156. The van der Waals surface area contributed by atoms with Crippen LogP contribution in [0.3, 0.4) is 0 Å². The maximum atomic E-state index is 12.2. The Balaban J connectivity index is 2.98. The van der Waals surface area contributed by atoms with E-state index >= 15 is 0 Å². The largest absolute Gasteiger partial charge is 0.481 e. The number of carbonyl (C=O) groups is 1. The minimum atomic E-state index is -4.53. The fraction of sp³-hybridized carbons (Fsp3) is 0.333. The number of alkyl halides is 3. The summed E-state index contributed by atoms with van der Waals surface area (Å²) in [6.07, 6.45) is -3.64. The smallest absolute Gasteiger partial charge is 0.433 e. The second-order valence-electron chi connectivity index (χ2n) is 3.10. The number of hydrogen-bond acceptors (Lipinski definition) is 3. The van der Waals surface area contributed by atoms with Crippen LogP contribution in [0.25, 0.3) is 0 Å². The molecule has 16 heavy (non-hydrogen) atoms. The molecule has 7 heteroatoms. The summed E-state index contributed by atoms with van der Waals surface area (Å²) >= 11 is 0. The Labute approximate surface area is 88.9 Å². The zero-order valence-electron chi connectivity index (χ0n) is 8.03. The lowest BCUT2D eigenvalue weighted by atomic mass is 10.0. The average Bonchev–Trinajstić information content (AvgIpc) is 2.17. The molecular formula is C9H9F3N2O2. The van der Waals surface area contributed by atoms with Gasteiger partial charge in [0.15, 0.2) is 0 Å². The average molecular weight is 234 g/mol. The molecule has 1 heterocycles. The number of hydrogen-bond donors (Lipinski definition) is 2. The van der Waals surface area contributed by atoms with Gasteiger partial charge in [0.2, 0.25) is 0 Å². The summed E-state index contributed by atoms with van der Waals surface area (Å²) in [7, 11) is 0. The predicted octanol–water partition coefficient (Wildman–Crippen LogP) is 1.23. The van der Waals surface area contributed by atoms with Gasteiger partial charge in [0.1, 0.15) is 5.69 Å². The van der Waals surface area contributed by atoms with E-state index in [4.69, 9.17) is 10.8 Å². The molecule has 1 aromatic heterocycles. The van der Waals surface area contributed by atoms with Crippen LogP contribution in [0.15, 0.2) is 18.3 Å². The third-order valence-electron chi connectivity index (χ3n) is 2.01. The fourth-order valence-corrected chi connectivity index (χ4v) is 1.16. The lowest BCUT2D eigenvalue weighted by Crippen LogP contribution is -2.21. The standard InChI is InChI=1S/C9H9F3N2O2/c10-9(11,12)7-2-1-5(4-14-7)6(3-13)8(15)16/h1-2,4,6H,3,13H2,(H,15,16). The highest BCUT2D eigenvalue weighted by Gasteiger charge is 2.32. The summed E-state index contributed by atoms with van der Waals surface area (Å²) in [4.78, 5) is 13.8. The zero-order chi connectivity index (χ0) is 12.3. The molecule has 0 radical (unpaired) electrons. The van der Waals surface area contributed by atoms with Gasteiger partial charge >= 0.3 is 12.1 Å². The van der Waals surface area contributed by atoms with Gasteiger partial charge in [-0.2, -0.15) is 13.2 Å². The Kier molecular flexibility index (Phi) is 3.48. The van der Waals surface area contributed by atoms with Crippen molar-refractivity contribution >= 4 is 5.97 Å². The Hall–Kier alpha value is -1.63. The number of carboxylic acid groups (broad SMARTS) is 1. The first-order valence-electron chi connectivity index (χ1n) is 4.32. The molecular weight excluding hydrogens is 225 g/mol. The van der Waals surface area contributed by atoms with Crippen molar-refractivity contribution in [1.29, 1.82) is 0 Å². The molecule has 0 fully saturated rings. The first-order chi connectivity index (χ1) is 7.36. The number of carboxylic acids is 1. The molecule has 1 atom stereocenters. The van der Waals surface area contributed by atoms with E-state index in [2.05, 4.69) is 4.98 Å². The molecule has 0 aromatic carbocycles. The predicted molar refractivity (Wildman–Crippen MR) is 48.7 cm³/mol. The van der Waals surface area contributed by atoms with Gasteiger partial charge in [-0.3, -0.25) is 9.78 Å². The van der Waals surface area contributed by atoms with Crippen LogP contribution in [0.4, 0.5) is 13.2 Å². The van der Waals surface area contributed by atoms with Crippen molar-refractivity contribution in [2.75, 3.05) is 6.54 Å². The number of pyridine rings is 1. The fourth-order valence-electron chi connectivity index (χ4n) is 1.16. The number of aliphatic carboxylic acids is 1. The maximum absolute atomic E-state index is 12.2. The minimum Gasteiger partial charge on any atom is -0.481 e. The third kappa shape index (κ3) is 2.69. The number of nitrogens with two attached hydrogens (primary N) is 1. The Morgan fingerprint density at radius 2 is 2.12 bits per heavy atom. The number of halogens is 3. The van der Waals surface area contributed by atoms with Crippen molar-refractivity contribution in [3.05, 3.63) is 29.6 Å². The van der Waals surface area contributed by atoms with Crippen molar-refractivity contribution in [3.8, 4) is 0 Å². The Morgan fingerprint density at radius 3 is 2.44 bits per heavy atom. The molecule has 0 aliphatic rings. The van der Waals surface area contributed by atoms with Gasteiger partial charge in [-0.25, -0.2) is 0 Å². The zero-order valence-corrected chi connectivity index (χ0v) is 8.03. The van der Waals surface area contributed by atoms with Crippen LogP contribution in [-0.2, 0) is 11.0 Å². The second-order valence-corrected chi connectivity index (χ2v) is 3.10. The van der Waals surface area contributed by atoms with Crippen molar-refractivity contribution < 1.29 is 23.1 Å². The molecule has 0 amide bonds. The number of rotatable bonds is 3. The van der Waals surface area contributed by atoms with E-state index in [-0.39, 0.29) is 12.1 Å². The molecule has 0 saturated carbocycles. The Morgan fingerprint density at radius 1 is 1.50 bits per heavy atom. The molecule has 4 nitrogen and oxygen atoms in total. The van der Waals surface area contributed by atoms with Crippen LogP contribution in [0.1, 0.15) is 17.2 Å². The van der Waals surface area contributed by atoms with E-state index in [0.717, 1.165) is 18.3 Å². The van der Waals surface area contributed by atoms with Crippen LogP contribution in [0.2, 0.25) is 0 Å². The molecule has 1 unspecified atom stereocenters. The van der Waals surface area contributed by atoms with E-state index in [1.54, 1.807) is 0 Å². The van der Waals surface area contributed by atoms with Gasteiger partial charge in [-0.15, -0.1) is 0 Å². The van der Waals surface area contributed by atoms with Gasteiger partial charge in [0.25, 0.3) is 0 Å². The van der Waals surface area contributed by atoms with Crippen molar-refractivity contribution in [2.45, 2.75) is 12.1 Å². The van der Waals surface area contributed by atoms with E-state index in [1.165, 1.54) is 0 Å². The summed E-state index contributed by atoms with van der Waals surface area (Å²) < 4.78 is 36.5. The summed E-state index contributed by atoms with van der Waals surface area (Å²) in [6, 6.07) is 1.81. The number of aromatic nitrogens is 1. The van der Waals surface area contributed by atoms with Crippen LogP contribution < -0.4 is 5.73 Å². The molecule has 88 valence electrons. The summed E-state index contributed by atoms with van der Waals surface area (Å²) in [5.74, 6) is -2.22. The van der Waals surface area contributed by atoms with Gasteiger partial charge in [0, 0.05) is 12.7 Å². The van der Waals surface area contributed by atoms with Crippen LogP contribution >= 0.6 is 0 Å². The maximum Gasteiger partial charge on any atom is 0.433 e. The van der Waals surface area contributed by atoms with Crippen molar-refractivity contribution in [3.63, 3.8) is 0 Å². The summed E-state index contributed by atoms with van der Waals surface area (Å²) in [6.45, 7) is -0.192. The van der Waals surface area contributed by atoms with E-state index in [1.807, 2.05) is 0 Å². The second kappa shape index (κ2) is 4.48. The lowest BCUT2D eigenvalue weighted by Gasteiger charge is -2.11.